The van der Waals surface area contributed by atoms with Gasteiger partial charge in [0.15, 0.2) is 0 Å². The molecule has 2 rings (SSSR count). The van der Waals surface area contributed by atoms with Crippen molar-refractivity contribution < 1.29 is 12.7 Å². The Morgan fingerprint density at radius 1 is 1.16 bits per heavy atom. The normalized spacial score (nSPS) is 24.3. The summed E-state index contributed by atoms with van der Waals surface area (Å²) in [4.78, 5) is 0.189. The number of hydrogen-bond donors (Lipinski definition) is 1. The number of benzene rings is 1. The van der Waals surface area contributed by atoms with Gasteiger partial charge in [-0.05, 0) is 37.8 Å². The Morgan fingerprint density at radius 2 is 1.79 bits per heavy atom. The monoisotopic (exact) mass is 283 g/mol. The molecule has 106 valence electrons. The fraction of sp³-hybridized carbons (Fsp3) is 0.571. The van der Waals surface area contributed by atoms with Gasteiger partial charge in [0.05, 0.1) is 4.90 Å². The van der Waals surface area contributed by atoms with E-state index in [9.17, 15) is 8.42 Å². The molecule has 1 aliphatic rings. The van der Waals surface area contributed by atoms with E-state index in [1.165, 1.54) is 6.42 Å². The summed E-state index contributed by atoms with van der Waals surface area (Å²) in [5.41, 5.74) is 3.76. The molecule has 2 atom stereocenters. The molecule has 4 nitrogen and oxygen atoms in total. The Hall–Kier alpha value is -0.910. The van der Waals surface area contributed by atoms with E-state index in [0.717, 1.165) is 24.8 Å². The zero-order valence-corrected chi connectivity index (χ0v) is 12.2. The van der Waals surface area contributed by atoms with E-state index in [-0.39, 0.29) is 10.9 Å². The van der Waals surface area contributed by atoms with Crippen LogP contribution in [0.3, 0.4) is 0 Å². The van der Waals surface area contributed by atoms with Crippen LogP contribution in [0.1, 0.15) is 38.2 Å². The van der Waals surface area contributed by atoms with Gasteiger partial charge in [-0.2, -0.15) is 18.2 Å². The number of hydrogen-bond acceptors (Lipinski definition) is 4. The van der Waals surface area contributed by atoms with Crippen molar-refractivity contribution in [2.45, 2.75) is 50.5 Å². The largest absolute Gasteiger partial charge is 0.312 e. The van der Waals surface area contributed by atoms with Crippen LogP contribution in [0.2, 0.25) is 0 Å². The standard InChI is InChI=1S/C14H21NO3S/c1-11-7-9-13(10-8-11)19(16,17)18-15-14-6-4-3-5-12(14)2/h7-10,12,14-15H,3-6H2,1-2H3. The number of hydroxylamine groups is 1. The molecule has 0 saturated heterocycles. The lowest BCUT2D eigenvalue weighted by atomic mass is 9.86. The number of rotatable bonds is 4. The maximum Gasteiger partial charge on any atom is 0.312 e. The van der Waals surface area contributed by atoms with Crippen molar-refractivity contribution in [1.29, 1.82) is 0 Å². The Kier molecular flexibility index (Phi) is 4.60. The highest BCUT2D eigenvalue weighted by Gasteiger charge is 2.24. The summed E-state index contributed by atoms with van der Waals surface area (Å²) in [6, 6.07) is 6.78. The fourth-order valence-electron chi connectivity index (χ4n) is 2.37. The highest BCUT2D eigenvalue weighted by Crippen LogP contribution is 2.24. The molecule has 0 spiro atoms. The lowest BCUT2D eigenvalue weighted by molar-refractivity contribution is 0.111. The van der Waals surface area contributed by atoms with Gasteiger partial charge in [0.1, 0.15) is 0 Å². The highest BCUT2D eigenvalue weighted by atomic mass is 32.2. The molecule has 1 aromatic rings. The van der Waals surface area contributed by atoms with Gasteiger partial charge in [-0.1, -0.05) is 37.5 Å². The second kappa shape index (κ2) is 6.03. The van der Waals surface area contributed by atoms with Crippen molar-refractivity contribution in [3.05, 3.63) is 29.8 Å². The Balaban J connectivity index is 1.99. The molecule has 0 aromatic heterocycles. The van der Waals surface area contributed by atoms with Crippen LogP contribution < -0.4 is 5.48 Å². The molecule has 0 aliphatic heterocycles. The molecular formula is C14H21NO3S. The fourth-order valence-corrected chi connectivity index (χ4v) is 3.19. The third-order valence-corrected chi connectivity index (χ3v) is 4.90. The summed E-state index contributed by atoms with van der Waals surface area (Å²) in [5.74, 6) is 0.446. The third kappa shape index (κ3) is 3.78. The van der Waals surface area contributed by atoms with Crippen LogP contribution in [0, 0.1) is 12.8 Å². The summed E-state index contributed by atoms with van der Waals surface area (Å²) >= 11 is 0. The van der Waals surface area contributed by atoms with E-state index in [4.69, 9.17) is 4.28 Å². The van der Waals surface area contributed by atoms with Gasteiger partial charge in [0.25, 0.3) is 0 Å². The minimum Gasteiger partial charge on any atom is -0.192 e. The predicted molar refractivity (Wildman–Crippen MR) is 74.0 cm³/mol. The maximum absolute atomic E-state index is 12.0. The van der Waals surface area contributed by atoms with E-state index in [2.05, 4.69) is 12.4 Å². The summed E-state index contributed by atoms with van der Waals surface area (Å²) in [6.45, 7) is 4.04. The summed E-state index contributed by atoms with van der Waals surface area (Å²) in [5, 5.41) is 0. The molecule has 1 aliphatic carbocycles. The van der Waals surface area contributed by atoms with Crippen molar-refractivity contribution in [2.24, 2.45) is 5.92 Å². The SMILES string of the molecule is Cc1ccc(S(=O)(=O)ONC2CCCCC2C)cc1. The molecule has 0 radical (unpaired) electrons. The van der Waals surface area contributed by atoms with Crippen molar-refractivity contribution in [1.82, 2.24) is 5.48 Å². The first kappa shape index (κ1) is 14.5. The molecule has 19 heavy (non-hydrogen) atoms. The molecule has 2 unspecified atom stereocenters. The Bertz CT molecular complexity index is 510. The van der Waals surface area contributed by atoms with E-state index in [0.29, 0.717) is 5.92 Å². The van der Waals surface area contributed by atoms with Gasteiger partial charge in [-0.3, -0.25) is 0 Å². The summed E-state index contributed by atoms with van der Waals surface area (Å²) < 4.78 is 29.0. The number of nitrogens with one attached hydrogen (secondary N) is 1. The van der Waals surface area contributed by atoms with Crippen molar-refractivity contribution >= 4 is 10.1 Å². The quantitative estimate of drug-likeness (QED) is 0.863. The first-order valence-corrected chi connectivity index (χ1v) is 8.15. The molecular weight excluding hydrogens is 262 g/mol. The van der Waals surface area contributed by atoms with Gasteiger partial charge in [0.2, 0.25) is 0 Å². The summed E-state index contributed by atoms with van der Waals surface area (Å²) in [6.07, 6.45) is 4.41. The van der Waals surface area contributed by atoms with Gasteiger partial charge in [0, 0.05) is 6.04 Å². The molecule has 0 amide bonds. The average molecular weight is 283 g/mol. The molecule has 0 bridgehead atoms. The zero-order valence-electron chi connectivity index (χ0n) is 11.4. The molecule has 0 heterocycles. The number of aryl methyl sites for hydroxylation is 1. The van der Waals surface area contributed by atoms with Crippen LogP contribution in [0.25, 0.3) is 0 Å². The average Bonchev–Trinajstić information content (AvgIpc) is 2.38. The molecule has 1 fully saturated rings. The van der Waals surface area contributed by atoms with E-state index in [1.54, 1.807) is 24.3 Å². The zero-order chi connectivity index (χ0) is 13.9. The van der Waals surface area contributed by atoms with E-state index in [1.807, 2.05) is 6.92 Å². The van der Waals surface area contributed by atoms with Crippen LogP contribution in [0.15, 0.2) is 29.2 Å². The van der Waals surface area contributed by atoms with Crippen molar-refractivity contribution in [3.63, 3.8) is 0 Å². The third-order valence-electron chi connectivity index (χ3n) is 3.73. The first-order valence-electron chi connectivity index (χ1n) is 6.75. The first-order chi connectivity index (χ1) is 8.99. The lowest BCUT2D eigenvalue weighted by Gasteiger charge is -2.28. The van der Waals surface area contributed by atoms with Crippen molar-refractivity contribution in [2.75, 3.05) is 0 Å². The highest BCUT2D eigenvalue weighted by molar-refractivity contribution is 7.86. The van der Waals surface area contributed by atoms with Gasteiger partial charge in [-0.15, -0.1) is 0 Å². The molecule has 1 saturated carbocycles. The summed E-state index contributed by atoms with van der Waals surface area (Å²) in [7, 11) is -3.71. The van der Waals surface area contributed by atoms with Gasteiger partial charge in [-0.25, -0.2) is 0 Å². The van der Waals surface area contributed by atoms with E-state index >= 15 is 0 Å². The van der Waals surface area contributed by atoms with Crippen LogP contribution in [0.5, 0.6) is 0 Å². The lowest BCUT2D eigenvalue weighted by Crippen LogP contribution is -2.38. The van der Waals surface area contributed by atoms with Crippen LogP contribution in [0.4, 0.5) is 0 Å². The van der Waals surface area contributed by atoms with Crippen LogP contribution in [-0.4, -0.2) is 14.5 Å². The smallest absolute Gasteiger partial charge is 0.192 e. The van der Waals surface area contributed by atoms with Crippen LogP contribution >= 0.6 is 0 Å². The maximum atomic E-state index is 12.0. The topological polar surface area (TPSA) is 55.4 Å². The predicted octanol–water partition coefficient (Wildman–Crippen LogP) is 2.78. The van der Waals surface area contributed by atoms with Crippen LogP contribution in [-0.2, 0) is 14.4 Å². The van der Waals surface area contributed by atoms with E-state index < -0.39 is 10.1 Å². The minimum atomic E-state index is -3.71. The second-order valence-corrected chi connectivity index (χ2v) is 6.88. The van der Waals surface area contributed by atoms with Crippen molar-refractivity contribution in [3.8, 4) is 0 Å². The molecule has 5 heteroatoms. The molecule has 1 N–H and O–H groups in total. The minimum absolute atomic E-state index is 0.119. The Labute approximate surface area is 115 Å². The Morgan fingerprint density at radius 3 is 2.42 bits per heavy atom. The van der Waals surface area contributed by atoms with Gasteiger partial charge < -0.3 is 0 Å². The van der Waals surface area contributed by atoms with Gasteiger partial charge >= 0.3 is 10.1 Å². The second-order valence-electron chi connectivity index (χ2n) is 5.34. The molecule has 1 aromatic carbocycles.